The molecule has 114 valence electrons. The summed E-state index contributed by atoms with van der Waals surface area (Å²) in [6.45, 7) is 3.05. The van der Waals surface area contributed by atoms with Crippen molar-refractivity contribution in [2.75, 3.05) is 20.2 Å². The summed E-state index contributed by atoms with van der Waals surface area (Å²) in [6, 6.07) is 6.24. The minimum Gasteiger partial charge on any atom is -0.380 e. The van der Waals surface area contributed by atoms with Gasteiger partial charge in [0.25, 0.3) is 0 Å². The van der Waals surface area contributed by atoms with Crippen molar-refractivity contribution in [3.05, 3.63) is 35.5 Å². The van der Waals surface area contributed by atoms with E-state index in [4.69, 9.17) is 10.5 Å². The standard InChI is InChI=1S/C16H23N3O2/c1-11-4-3-5-14-12(10-19-16(11)14)6-7-18-15(20)8-13(9-17)21-2/h3-5,10,13,19H,6-9,17H2,1-2H3,(H,18,20). The van der Waals surface area contributed by atoms with Crippen LogP contribution in [0.15, 0.2) is 24.4 Å². The minimum absolute atomic E-state index is 0.0247. The molecule has 2 rings (SSSR count). The highest BCUT2D eigenvalue weighted by atomic mass is 16.5. The van der Waals surface area contributed by atoms with Crippen LogP contribution in [0.25, 0.3) is 10.9 Å². The predicted molar refractivity (Wildman–Crippen MR) is 84.2 cm³/mol. The number of nitrogens with one attached hydrogen (secondary N) is 2. The molecule has 1 aromatic carbocycles. The van der Waals surface area contributed by atoms with E-state index >= 15 is 0 Å². The first-order valence-corrected chi connectivity index (χ1v) is 7.20. The smallest absolute Gasteiger partial charge is 0.222 e. The number of hydrogen-bond acceptors (Lipinski definition) is 3. The Hall–Kier alpha value is -1.85. The van der Waals surface area contributed by atoms with Crippen LogP contribution in [0.1, 0.15) is 17.5 Å². The van der Waals surface area contributed by atoms with Crippen LogP contribution in [-0.2, 0) is 16.0 Å². The summed E-state index contributed by atoms with van der Waals surface area (Å²) in [5, 5.41) is 4.13. The molecule has 1 heterocycles. The maximum Gasteiger partial charge on any atom is 0.222 e. The van der Waals surface area contributed by atoms with Crippen LogP contribution in [0, 0.1) is 6.92 Å². The minimum atomic E-state index is -0.208. The van der Waals surface area contributed by atoms with Crippen LogP contribution in [-0.4, -0.2) is 37.2 Å². The second-order valence-corrected chi connectivity index (χ2v) is 5.21. The molecule has 1 atom stereocenters. The highest BCUT2D eigenvalue weighted by Gasteiger charge is 2.11. The van der Waals surface area contributed by atoms with Crippen molar-refractivity contribution < 1.29 is 9.53 Å². The first-order chi connectivity index (χ1) is 10.2. The third-order valence-electron chi connectivity index (χ3n) is 3.74. The molecule has 0 aliphatic carbocycles. The molecular formula is C16H23N3O2. The summed E-state index contributed by atoms with van der Waals surface area (Å²) in [7, 11) is 1.57. The molecule has 0 spiro atoms. The summed E-state index contributed by atoms with van der Waals surface area (Å²) in [4.78, 5) is 15.1. The zero-order valence-corrected chi connectivity index (χ0v) is 12.6. The van der Waals surface area contributed by atoms with Crippen LogP contribution in [0.5, 0.6) is 0 Å². The van der Waals surface area contributed by atoms with Crippen molar-refractivity contribution in [3.63, 3.8) is 0 Å². The molecule has 0 bridgehead atoms. The molecule has 1 unspecified atom stereocenters. The Bertz CT molecular complexity index is 603. The summed E-state index contributed by atoms with van der Waals surface area (Å²) in [6.07, 6.45) is 2.91. The predicted octanol–water partition coefficient (Wildman–Crippen LogP) is 1.50. The highest BCUT2D eigenvalue weighted by molar-refractivity contribution is 5.86. The van der Waals surface area contributed by atoms with Crippen molar-refractivity contribution in [2.24, 2.45) is 5.73 Å². The number of nitrogens with two attached hydrogens (primary N) is 1. The largest absolute Gasteiger partial charge is 0.380 e. The van der Waals surface area contributed by atoms with E-state index < -0.39 is 0 Å². The molecule has 0 radical (unpaired) electrons. The van der Waals surface area contributed by atoms with E-state index in [1.807, 2.05) is 6.20 Å². The van der Waals surface area contributed by atoms with Gasteiger partial charge in [0.15, 0.2) is 0 Å². The fourth-order valence-electron chi connectivity index (χ4n) is 2.45. The Morgan fingerprint density at radius 2 is 2.29 bits per heavy atom. The lowest BCUT2D eigenvalue weighted by Crippen LogP contribution is -2.33. The van der Waals surface area contributed by atoms with Gasteiger partial charge in [-0.3, -0.25) is 4.79 Å². The van der Waals surface area contributed by atoms with Gasteiger partial charge in [-0.2, -0.15) is 0 Å². The molecule has 1 aromatic heterocycles. The number of carbonyl (C=O) groups is 1. The number of benzene rings is 1. The number of aryl methyl sites for hydroxylation is 1. The van der Waals surface area contributed by atoms with Gasteiger partial charge in [-0.25, -0.2) is 0 Å². The number of para-hydroxylation sites is 1. The van der Waals surface area contributed by atoms with Crippen LogP contribution < -0.4 is 11.1 Å². The molecule has 5 heteroatoms. The van der Waals surface area contributed by atoms with Crippen molar-refractivity contribution in [1.29, 1.82) is 0 Å². The van der Waals surface area contributed by atoms with Gasteiger partial charge in [0.05, 0.1) is 12.5 Å². The monoisotopic (exact) mass is 289 g/mol. The number of methoxy groups -OCH3 is 1. The highest BCUT2D eigenvalue weighted by Crippen LogP contribution is 2.21. The average molecular weight is 289 g/mol. The molecule has 1 amide bonds. The second-order valence-electron chi connectivity index (χ2n) is 5.21. The van der Waals surface area contributed by atoms with Crippen LogP contribution >= 0.6 is 0 Å². The van der Waals surface area contributed by atoms with Gasteiger partial charge >= 0.3 is 0 Å². The quantitative estimate of drug-likeness (QED) is 0.722. The first-order valence-electron chi connectivity index (χ1n) is 7.20. The SMILES string of the molecule is COC(CN)CC(=O)NCCc1c[nH]c2c(C)cccc12. The molecule has 0 saturated heterocycles. The lowest BCUT2D eigenvalue weighted by atomic mass is 10.1. The zero-order chi connectivity index (χ0) is 15.2. The van der Waals surface area contributed by atoms with E-state index in [1.54, 1.807) is 7.11 Å². The number of hydrogen-bond donors (Lipinski definition) is 3. The number of aromatic amines is 1. The molecule has 0 aliphatic rings. The van der Waals surface area contributed by atoms with E-state index in [0.717, 1.165) is 6.42 Å². The normalized spacial score (nSPS) is 12.5. The molecule has 5 nitrogen and oxygen atoms in total. The van der Waals surface area contributed by atoms with Gasteiger partial charge < -0.3 is 20.8 Å². The van der Waals surface area contributed by atoms with E-state index in [2.05, 4.69) is 35.4 Å². The van der Waals surface area contributed by atoms with Crippen molar-refractivity contribution >= 4 is 16.8 Å². The summed E-state index contributed by atoms with van der Waals surface area (Å²) < 4.78 is 5.10. The Morgan fingerprint density at radius 3 is 3.00 bits per heavy atom. The molecule has 2 aromatic rings. The lowest BCUT2D eigenvalue weighted by Gasteiger charge is -2.12. The number of ether oxygens (including phenoxy) is 1. The molecular weight excluding hydrogens is 266 g/mol. The number of aromatic nitrogens is 1. The molecule has 21 heavy (non-hydrogen) atoms. The van der Waals surface area contributed by atoms with Gasteiger partial charge in [-0.15, -0.1) is 0 Å². The zero-order valence-electron chi connectivity index (χ0n) is 12.6. The van der Waals surface area contributed by atoms with Gasteiger partial charge in [0.2, 0.25) is 5.91 Å². The third kappa shape index (κ3) is 3.83. The second kappa shape index (κ2) is 7.24. The molecule has 0 aliphatic heterocycles. The van der Waals surface area contributed by atoms with Gasteiger partial charge in [-0.1, -0.05) is 18.2 Å². The summed E-state index contributed by atoms with van der Waals surface area (Å²) >= 11 is 0. The number of amides is 1. The van der Waals surface area contributed by atoms with Gasteiger partial charge in [0.1, 0.15) is 0 Å². The Kier molecular flexibility index (Phi) is 5.36. The maximum absolute atomic E-state index is 11.8. The van der Waals surface area contributed by atoms with E-state index in [0.29, 0.717) is 19.5 Å². The van der Waals surface area contributed by atoms with Gasteiger partial charge in [-0.05, 0) is 24.5 Å². The number of carbonyl (C=O) groups excluding carboxylic acids is 1. The fourth-order valence-corrected chi connectivity index (χ4v) is 2.45. The van der Waals surface area contributed by atoms with Crippen LogP contribution in [0.4, 0.5) is 0 Å². The molecule has 0 saturated carbocycles. The molecule has 0 fully saturated rings. The maximum atomic E-state index is 11.8. The van der Waals surface area contributed by atoms with E-state index in [1.165, 1.54) is 22.0 Å². The van der Waals surface area contributed by atoms with Crippen molar-refractivity contribution in [1.82, 2.24) is 10.3 Å². The fraction of sp³-hybridized carbons (Fsp3) is 0.438. The number of H-pyrrole nitrogens is 1. The van der Waals surface area contributed by atoms with Crippen LogP contribution in [0.2, 0.25) is 0 Å². The first kappa shape index (κ1) is 15.5. The van der Waals surface area contributed by atoms with Crippen molar-refractivity contribution in [3.8, 4) is 0 Å². The summed E-state index contributed by atoms with van der Waals surface area (Å²) in [5.41, 5.74) is 9.12. The average Bonchev–Trinajstić information content (AvgIpc) is 2.89. The third-order valence-corrected chi connectivity index (χ3v) is 3.74. The van der Waals surface area contributed by atoms with Gasteiger partial charge in [0, 0.05) is 37.3 Å². The van der Waals surface area contributed by atoms with Crippen molar-refractivity contribution in [2.45, 2.75) is 25.9 Å². The van der Waals surface area contributed by atoms with E-state index in [9.17, 15) is 4.79 Å². The molecule has 4 N–H and O–H groups in total. The topological polar surface area (TPSA) is 80.1 Å². The number of rotatable bonds is 7. The number of fused-ring (bicyclic) bond motifs is 1. The Morgan fingerprint density at radius 1 is 1.48 bits per heavy atom. The lowest BCUT2D eigenvalue weighted by molar-refractivity contribution is -0.123. The Labute approximate surface area is 124 Å². The van der Waals surface area contributed by atoms with E-state index in [-0.39, 0.29) is 12.0 Å². The van der Waals surface area contributed by atoms with Crippen LogP contribution in [0.3, 0.4) is 0 Å². The summed E-state index contributed by atoms with van der Waals surface area (Å²) in [5.74, 6) is -0.0247. The Balaban J connectivity index is 1.88.